The van der Waals surface area contributed by atoms with Gasteiger partial charge in [-0.3, -0.25) is 0 Å². The van der Waals surface area contributed by atoms with E-state index in [4.69, 9.17) is 13.9 Å². The first kappa shape index (κ1) is 25.4. The molecule has 156 valence electrons. The molecular weight excluding hydrogens is 381 g/mol. The third kappa shape index (κ3) is 11.7. The molecule has 27 heavy (non-hydrogen) atoms. The van der Waals surface area contributed by atoms with Crippen molar-refractivity contribution in [1.82, 2.24) is 0 Å². The molecule has 0 amide bonds. The number of rotatable bonds is 13. The SMILES string of the molecule is C=C(C)C(=O)OCCC[Si](CCCOC(=O)C(=C)C)(CCC(F)(F)F)OC. The molecular formula is C18H29F3O5Si. The van der Waals surface area contributed by atoms with Crippen LogP contribution in [0.15, 0.2) is 24.3 Å². The maximum absolute atomic E-state index is 12.7. The molecule has 0 saturated carbocycles. The van der Waals surface area contributed by atoms with Gasteiger partial charge in [0.05, 0.1) is 13.2 Å². The van der Waals surface area contributed by atoms with Crippen molar-refractivity contribution in [3.05, 3.63) is 24.3 Å². The Morgan fingerprint density at radius 1 is 0.889 bits per heavy atom. The van der Waals surface area contributed by atoms with E-state index >= 15 is 0 Å². The summed E-state index contributed by atoms with van der Waals surface area (Å²) in [6, 6.07) is 0.741. The zero-order chi connectivity index (χ0) is 21.1. The lowest BCUT2D eigenvalue weighted by Gasteiger charge is -2.30. The van der Waals surface area contributed by atoms with E-state index < -0.39 is 32.9 Å². The Morgan fingerprint density at radius 2 is 1.30 bits per heavy atom. The summed E-state index contributed by atoms with van der Waals surface area (Å²) in [6.07, 6.45) is -4.38. The first-order valence-corrected chi connectivity index (χ1v) is 11.2. The van der Waals surface area contributed by atoms with Crippen molar-refractivity contribution in [2.24, 2.45) is 0 Å². The smallest absolute Gasteiger partial charge is 0.388 e. The van der Waals surface area contributed by atoms with Crippen LogP contribution in [0.2, 0.25) is 18.1 Å². The highest BCUT2D eigenvalue weighted by molar-refractivity contribution is 6.73. The predicted molar refractivity (Wildman–Crippen MR) is 98.6 cm³/mol. The Morgan fingerprint density at radius 3 is 1.59 bits per heavy atom. The molecule has 0 aromatic heterocycles. The van der Waals surface area contributed by atoms with Crippen LogP contribution in [-0.2, 0) is 23.5 Å². The van der Waals surface area contributed by atoms with Crippen molar-refractivity contribution >= 4 is 20.3 Å². The zero-order valence-electron chi connectivity index (χ0n) is 16.2. The molecule has 0 aliphatic heterocycles. The molecule has 0 unspecified atom stereocenters. The van der Waals surface area contributed by atoms with Gasteiger partial charge in [-0.05, 0) is 44.8 Å². The van der Waals surface area contributed by atoms with Crippen LogP contribution in [0.3, 0.4) is 0 Å². The topological polar surface area (TPSA) is 61.8 Å². The van der Waals surface area contributed by atoms with E-state index in [0.717, 1.165) is 0 Å². The lowest BCUT2D eigenvalue weighted by Crippen LogP contribution is -2.39. The van der Waals surface area contributed by atoms with Crippen LogP contribution in [0.1, 0.15) is 33.1 Å². The summed E-state index contributed by atoms with van der Waals surface area (Å²) < 4.78 is 53.7. The second kappa shape index (κ2) is 12.0. The van der Waals surface area contributed by atoms with Gasteiger partial charge in [-0.2, -0.15) is 13.2 Å². The second-order valence-electron chi connectivity index (χ2n) is 6.54. The molecule has 0 fully saturated rings. The first-order chi connectivity index (χ1) is 12.4. The number of halogens is 3. The quantitative estimate of drug-likeness (QED) is 0.193. The average Bonchev–Trinajstić information content (AvgIpc) is 2.58. The number of carbonyl (C=O) groups excluding carboxylic acids is 2. The predicted octanol–water partition coefficient (Wildman–Crippen LogP) is 4.55. The van der Waals surface area contributed by atoms with E-state index in [-0.39, 0.29) is 30.4 Å². The van der Waals surface area contributed by atoms with Crippen LogP contribution < -0.4 is 0 Å². The fourth-order valence-electron chi connectivity index (χ4n) is 2.42. The third-order valence-electron chi connectivity index (χ3n) is 4.01. The van der Waals surface area contributed by atoms with Crippen LogP contribution >= 0.6 is 0 Å². The molecule has 0 atom stereocenters. The largest absolute Gasteiger partial charge is 0.462 e. The van der Waals surface area contributed by atoms with Gasteiger partial charge in [0.1, 0.15) is 0 Å². The molecule has 0 aromatic carbocycles. The van der Waals surface area contributed by atoms with Gasteiger partial charge >= 0.3 is 18.1 Å². The summed E-state index contributed by atoms with van der Waals surface area (Å²) in [4.78, 5) is 22.8. The van der Waals surface area contributed by atoms with E-state index in [1.165, 1.54) is 21.0 Å². The van der Waals surface area contributed by atoms with E-state index in [0.29, 0.717) is 24.9 Å². The lowest BCUT2D eigenvalue weighted by atomic mass is 10.4. The van der Waals surface area contributed by atoms with Crippen molar-refractivity contribution in [3.63, 3.8) is 0 Å². The van der Waals surface area contributed by atoms with Crippen LogP contribution in [-0.4, -0.2) is 46.8 Å². The summed E-state index contributed by atoms with van der Waals surface area (Å²) >= 11 is 0. The van der Waals surface area contributed by atoms with Crippen molar-refractivity contribution in [1.29, 1.82) is 0 Å². The Balaban J connectivity index is 4.71. The van der Waals surface area contributed by atoms with Crippen LogP contribution in [0.25, 0.3) is 0 Å². The number of alkyl halides is 3. The molecule has 0 aliphatic carbocycles. The molecule has 0 rings (SSSR count). The first-order valence-electron chi connectivity index (χ1n) is 8.69. The monoisotopic (exact) mass is 410 g/mol. The van der Waals surface area contributed by atoms with Gasteiger partial charge in [0.15, 0.2) is 8.32 Å². The Bertz CT molecular complexity index is 498. The maximum atomic E-state index is 12.7. The molecule has 0 saturated heterocycles. The van der Waals surface area contributed by atoms with Crippen LogP contribution in [0, 0.1) is 0 Å². The molecule has 0 N–H and O–H groups in total. The minimum Gasteiger partial charge on any atom is -0.462 e. The Kier molecular flexibility index (Phi) is 11.3. The number of hydrogen-bond acceptors (Lipinski definition) is 5. The van der Waals surface area contributed by atoms with Crippen molar-refractivity contribution in [3.8, 4) is 0 Å². The second-order valence-corrected chi connectivity index (χ2v) is 10.8. The zero-order valence-corrected chi connectivity index (χ0v) is 17.2. The maximum Gasteiger partial charge on any atom is 0.388 e. The molecule has 0 aliphatic rings. The lowest BCUT2D eigenvalue weighted by molar-refractivity contribution is -0.139. The van der Waals surface area contributed by atoms with Crippen molar-refractivity contribution in [2.45, 2.75) is 57.4 Å². The van der Waals surface area contributed by atoms with E-state index in [1.54, 1.807) is 0 Å². The molecule has 9 heteroatoms. The minimum atomic E-state index is -4.27. The summed E-state index contributed by atoms with van der Waals surface area (Å²) in [5, 5.41) is 0. The van der Waals surface area contributed by atoms with E-state index in [1.807, 2.05) is 0 Å². The highest BCUT2D eigenvalue weighted by atomic mass is 28.4. The number of ether oxygens (including phenoxy) is 2. The molecule has 0 spiro atoms. The van der Waals surface area contributed by atoms with Gasteiger partial charge in [0, 0.05) is 24.7 Å². The van der Waals surface area contributed by atoms with E-state index in [9.17, 15) is 22.8 Å². The van der Waals surface area contributed by atoms with Crippen LogP contribution in [0.5, 0.6) is 0 Å². The summed E-state index contributed by atoms with van der Waals surface area (Å²) in [6.45, 7) is 10.2. The minimum absolute atomic E-state index is 0.0874. The fourth-order valence-corrected chi connectivity index (χ4v) is 6.09. The Hall–Kier alpha value is -1.61. The van der Waals surface area contributed by atoms with Gasteiger partial charge in [-0.1, -0.05) is 13.2 Å². The van der Waals surface area contributed by atoms with Gasteiger partial charge < -0.3 is 13.9 Å². The van der Waals surface area contributed by atoms with Crippen LogP contribution in [0.4, 0.5) is 13.2 Å². The molecule has 5 nitrogen and oxygen atoms in total. The van der Waals surface area contributed by atoms with Gasteiger partial charge in [-0.15, -0.1) is 0 Å². The average molecular weight is 411 g/mol. The number of esters is 2. The summed E-state index contributed by atoms with van der Waals surface area (Å²) in [7, 11) is -1.31. The van der Waals surface area contributed by atoms with E-state index in [2.05, 4.69) is 13.2 Å². The van der Waals surface area contributed by atoms with Crippen molar-refractivity contribution in [2.75, 3.05) is 20.3 Å². The standard InChI is InChI=1S/C18H29F3O5Si/c1-14(2)16(22)25-9-6-11-27(24-5,13-8-18(19,20)21)12-7-10-26-17(23)15(3)4/h1,3,6-13H2,2,4-5H3. The van der Waals surface area contributed by atoms with Gasteiger partial charge in [-0.25, -0.2) is 9.59 Å². The molecule has 0 radical (unpaired) electrons. The highest BCUT2D eigenvalue weighted by Gasteiger charge is 2.38. The van der Waals surface area contributed by atoms with Crippen molar-refractivity contribution < 1.29 is 36.7 Å². The summed E-state index contributed by atoms with van der Waals surface area (Å²) in [5.41, 5.74) is 0.531. The number of hydrogen-bond donors (Lipinski definition) is 0. The Labute approximate surface area is 159 Å². The molecule has 0 bridgehead atoms. The fraction of sp³-hybridized carbons (Fsp3) is 0.667. The normalized spacial score (nSPS) is 11.8. The highest BCUT2D eigenvalue weighted by Crippen LogP contribution is 2.32. The molecule has 0 heterocycles. The number of carbonyl (C=O) groups is 2. The van der Waals surface area contributed by atoms with Gasteiger partial charge in [0.2, 0.25) is 0 Å². The summed E-state index contributed by atoms with van der Waals surface area (Å²) in [5.74, 6) is -1.05. The third-order valence-corrected chi connectivity index (χ3v) is 8.57. The molecule has 0 aromatic rings. The van der Waals surface area contributed by atoms with Gasteiger partial charge in [0.25, 0.3) is 0 Å².